The monoisotopic (exact) mass is 358 g/mol. The Balaban J connectivity index is 1.90. The minimum Gasteiger partial charge on any atom is -0.288 e. The highest BCUT2D eigenvalue weighted by Crippen LogP contribution is 2.32. The lowest BCUT2D eigenvalue weighted by molar-refractivity contribution is -0.121. The van der Waals surface area contributed by atoms with E-state index in [1.165, 1.54) is 11.3 Å². The maximum Gasteiger partial charge on any atom is 0.232 e. The van der Waals surface area contributed by atoms with E-state index < -0.39 is 15.8 Å². The number of sulfone groups is 1. The summed E-state index contributed by atoms with van der Waals surface area (Å²) in [6.07, 6.45) is 0.397. The smallest absolute Gasteiger partial charge is 0.232 e. The quantitative estimate of drug-likeness (QED) is 0.846. The normalized spacial score (nSPS) is 20.4. The molecule has 0 radical (unpaired) electrons. The Hall–Kier alpha value is -1.18. The maximum absolute atomic E-state index is 12.6. The van der Waals surface area contributed by atoms with Crippen LogP contribution in [0.15, 0.2) is 18.2 Å². The molecular formula is C14H15ClN2O3S2. The van der Waals surface area contributed by atoms with Crippen molar-refractivity contribution in [2.24, 2.45) is 5.92 Å². The zero-order valence-corrected chi connectivity index (χ0v) is 14.3. The van der Waals surface area contributed by atoms with E-state index in [1.54, 1.807) is 17.0 Å². The van der Waals surface area contributed by atoms with E-state index >= 15 is 0 Å². The third kappa shape index (κ3) is 2.98. The van der Waals surface area contributed by atoms with Crippen LogP contribution in [0, 0.1) is 5.92 Å². The lowest BCUT2D eigenvalue weighted by Crippen LogP contribution is -2.36. The van der Waals surface area contributed by atoms with Crippen LogP contribution in [-0.4, -0.2) is 37.4 Å². The topological polar surface area (TPSA) is 67.3 Å². The third-order valence-electron chi connectivity index (χ3n) is 3.73. The third-order valence-corrected chi connectivity index (χ3v) is 6.80. The molecule has 1 amide bonds. The number of hydrogen-bond acceptors (Lipinski definition) is 5. The fourth-order valence-electron chi connectivity index (χ4n) is 2.60. The number of fused-ring (bicyclic) bond motifs is 1. The van der Waals surface area contributed by atoms with Crippen molar-refractivity contribution in [3.8, 4) is 0 Å². The van der Waals surface area contributed by atoms with Crippen molar-refractivity contribution in [2.45, 2.75) is 13.3 Å². The van der Waals surface area contributed by atoms with Gasteiger partial charge in [0.15, 0.2) is 15.0 Å². The second kappa shape index (κ2) is 5.79. The number of hydrogen-bond donors (Lipinski definition) is 0. The first-order chi connectivity index (χ1) is 10.4. The molecule has 0 N–H and O–H groups in total. The second-order valence-corrected chi connectivity index (χ2v) is 8.97. The predicted octanol–water partition coefficient (Wildman–Crippen LogP) is 2.74. The molecule has 0 spiro atoms. The highest BCUT2D eigenvalue weighted by Gasteiger charge is 2.36. The number of rotatable bonds is 3. The average molecular weight is 359 g/mol. The van der Waals surface area contributed by atoms with E-state index in [9.17, 15) is 13.2 Å². The molecule has 3 rings (SSSR count). The maximum atomic E-state index is 12.6. The summed E-state index contributed by atoms with van der Waals surface area (Å²) in [5, 5.41) is 1.19. The molecule has 8 heteroatoms. The predicted molar refractivity (Wildman–Crippen MR) is 89.4 cm³/mol. The Labute approximate surface area is 137 Å². The standard InChI is InChI=1S/C14H15ClN2O3S2/c1-2-17(13(18)9-5-6-22(19,20)8-9)14-16-11-7-10(15)3-4-12(11)21-14/h3-4,7,9H,2,5-6,8H2,1H3/t9-/m0/s1. The van der Waals surface area contributed by atoms with Gasteiger partial charge in [-0.2, -0.15) is 0 Å². The van der Waals surface area contributed by atoms with Gasteiger partial charge in [0, 0.05) is 11.6 Å². The van der Waals surface area contributed by atoms with Gasteiger partial charge in [-0.25, -0.2) is 13.4 Å². The number of nitrogens with zero attached hydrogens (tertiary/aromatic N) is 2. The molecule has 0 unspecified atom stereocenters. The lowest BCUT2D eigenvalue weighted by Gasteiger charge is -2.20. The fourth-order valence-corrected chi connectivity index (χ4v) is 5.51. The molecule has 1 aromatic carbocycles. The molecule has 1 aromatic heterocycles. The van der Waals surface area contributed by atoms with Crippen molar-refractivity contribution >= 4 is 54.0 Å². The number of benzene rings is 1. The van der Waals surface area contributed by atoms with Crippen LogP contribution < -0.4 is 4.90 Å². The molecule has 1 atom stereocenters. The Morgan fingerprint density at radius 2 is 2.27 bits per heavy atom. The summed E-state index contributed by atoms with van der Waals surface area (Å²) in [7, 11) is -3.08. The number of aromatic nitrogens is 1. The highest BCUT2D eigenvalue weighted by molar-refractivity contribution is 7.91. The molecular weight excluding hydrogens is 344 g/mol. The van der Waals surface area contributed by atoms with E-state index in [4.69, 9.17) is 11.6 Å². The van der Waals surface area contributed by atoms with Crippen molar-refractivity contribution in [1.82, 2.24) is 4.98 Å². The van der Waals surface area contributed by atoms with Gasteiger partial charge in [0.1, 0.15) is 0 Å². The largest absolute Gasteiger partial charge is 0.288 e. The zero-order valence-electron chi connectivity index (χ0n) is 12.0. The Morgan fingerprint density at radius 3 is 2.91 bits per heavy atom. The highest BCUT2D eigenvalue weighted by atomic mass is 35.5. The number of halogens is 1. The van der Waals surface area contributed by atoms with E-state index in [0.717, 1.165) is 10.2 Å². The number of carbonyl (C=O) groups excluding carboxylic acids is 1. The molecule has 1 aliphatic heterocycles. The Morgan fingerprint density at radius 1 is 1.50 bits per heavy atom. The van der Waals surface area contributed by atoms with Crippen molar-refractivity contribution in [2.75, 3.05) is 23.0 Å². The zero-order chi connectivity index (χ0) is 15.9. The molecule has 0 saturated carbocycles. The van der Waals surface area contributed by atoms with Crippen LogP contribution >= 0.6 is 22.9 Å². The van der Waals surface area contributed by atoms with Gasteiger partial charge in [0.25, 0.3) is 0 Å². The van der Waals surface area contributed by atoms with Crippen LogP contribution in [-0.2, 0) is 14.6 Å². The number of carbonyl (C=O) groups is 1. The van der Waals surface area contributed by atoms with Gasteiger partial charge in [-0.05, 0) is 31.5 Å². The molecule has 0 bridgehead atoms. The van der Waals surface area contributed by atoms with E-state index in [1.807, 2.05) is 13.0 Å². The van der Waals surface area contributed by atoms with Crippen molar-refractivity contribution in [3.63, 3.8) is 0 Å². The molecule has 2 aromatic rings. The second-order valence-electron chi connectivity index (χ2n) is 5.29. The van der Waals surface area contributed by atoms with Gasteiger partial charge in [-0.15, -0.1) is 0 Å². The molecule has 0 aliphatic carbocycles. The summed E-state index contributed by atoms with van der Waals surface area (Å²) in [5.41, 5.74) is 0.748. The van der Waals surface area contributed by atoms with E-state index in [-0.39, 0.29) is 17.4 Å². The summed E-state index contributed by atoms with van der Waals surface area (Å²) in [6.45, 7) is 2.32. The SMILES string of the molecule is CCN(C(=O)[C@H]1CCS(=O)(=O)C1)c1nc2cc(Cl)ccc2s1. The molecule has 2 heterocycles. The fraction of sp³-hybridized carbons (Fsp3) is 0.429. The molecule has 22 heavy (non-hydrogen) atoms. The van der Waals surface area contributed by atoms with Crippen molar-refractivity contribution < 1.29 is 13.2 Å². The lowest BCUT2D eigenvalue weighted by atomic mass is 10.1. The average Bonchev–Trinajstić information content (AvgIpc) is 3.02. The minimum absolute atomic E-state index is 0.0565. The van der Waals surface area contributed by atoms with Crippen LogP contribution in [0.1, 0.15) is 13.3 Å². The number of amides is 1. The summed E-state index contributed by atoms with van der Waals surface area (Å²) >= 11 is 7.37. The number of anilines is 1. The van der Waals surface area contributed by atoms with Gasteiger partial charge in [0.05, 0.1) is 27.6 Å². The molecule has 1 fully saturated rings. The molecule has 5 nitrogen and oxygen atoms in total. The summed E-state index contributed by atoms with van der Waals surface area (Å²) in [4.78, 5) is 18.6. The summed E-state index contributed by atoms with van der Waals surface area (Å²) < 4.78 is 24.1. The van der Waals surface area contributed by atoms with Gasteiger partial charge in [-0.1, -0.05) is 22.9 Å². The Kier molecular flexibility index (Phi) is 4.13. The summed E-state index contributed by atoms with van der Waals surface area (Å²) in [6, 6.07) is 5.42. The van der Waals surface area contributed by atoms with Crippen molar-refractivity contribution in [3.05, 3.63) is 23.2 Å². The van der Waals surface area contributed by atoms with Crippen LogP contribution in [0.4, 0.5) is 5.13 Å². The molecule has 1 saturated heterocycles. The van der Waals surface area contributed by atoms with Gasteiger partial charge in [-0.3, -0.25) is 9.69 Å². The van der Waals surface area contributed by atoms with Gasteiger partial charge in [0.2, 0.25) is 5.91 Å². The first-order valence-electron chi connectivity index (χ1n) is 6.97. The van der Waals surface area contributed by atoms with E-state index in [2.05, 4.69) is 4.98 Å². The van der Waals surface area contributed by atoms with Crippen LogP contribution in [0.25, 0.3) is 10.2 Å². The number of thiazole rings is 1. The van der Waals surface area contributed by atoms with Crippen molar-refractivity contribution in [1.29, 1.82) is 0 Å². The minimum atomic E-state index is -3.08. The van der Waals surface area contributed by atoms with Gasteiger partial charge >= 0.3 is 0 Å². The van der Waals surface area contributed by atoms with Crippen LogP contribution in [0.3, 0.4) is 0 Å². The van der Waals surface area contributed by atoms with Gasteiger partial charge < -0.3 is 0 Å². The molecule has 118 valence electrons. The van der Waals surface area contributed by atoms with Crippen LogP contribution in [0.5, 0.6) is 0 Å². The van der Waals surface area contributed by atoms with E-state index in [0.29, 0.717) is 23.1 Å². The molecule has 1 aliphatic rings. The summed E-state index contributed by atoms with van der Waals surface area (Å²) in [5.74, 6) is -0.579. The first kappa shape index (κ1) is 15.7. The first-order valence-corrected chi connectivity index (χ1v) is 9.99. The van der Waals surface area contributed by atoms with Crippen LogP contribution in [0.2, 0.25) is 5.02 Å². The Bertz CT molecular complexity index is 832.